The number of benzene rings is 1. The summed E-state index contributed by atoms with van der Waals surface area (Å²) in [5, 5.41) is 9.29. The molecule has 0 saturated heterocycles. The van der Waals surface area contributed by atoms with Gasteiger partial charge in [0.05, 0.1) is 12.1 Å². The summed E-state index contributed by atoms with van der Waals surface area (Å²) in [6, 6.07) is 2.72. The van der Waals surface area contributed by atoms with Crippen LogP contribution in [-0.2, 0) is 0 Å². The van der Waals surface area contributed by atoms with Crippen molar-refractivity contribution >= 4 is 5.78 Å². The highest BCUT2D eigenvalue weighted by Crippen LogP contribution is 2.38. The summed E-state index contributed by atoms with van der Waals surface area (Å²) in [6.45, 7) is -0.0666. The predicted octanol–water partition coefficient (Wildman–Crippen LogP) is 0.262. The number of carbonyl (C=O) groups is 1. The quantitative estimate of drug-likeness (QED) is 0.661. The largest absolute Gasteiger partial charge is 0.508 e. The van der Waals surface area contributed by atoms with Gasteiger partial charge in [-0.25, -0.2) is 0 Å². The monoisotopic (exact) mass is 195 g/mol. The second-order valence-electron chi connectivity index (χ2n) is 2.85. The molecule has 0 amide bonds. The number of hydrogen-bond acceptors (Lipinski definition) is 5. The number of ether oxygens (including phenoxy) is 2. The molecule has 1 aromatic rings. The lowest BCUT2D eigenvalue weighted by atomic mass is 10.1. The van der Waals surface area contributed by atoms with Gasteiger partial charge in [0.25, 0.3) is 0 Å². The third-order valence-electron chi connectivity index (χ3n) is 1.94. The Hall–Kier alpha value is -1.75. The highest BCUT2D eigenvalue weighted by atomic mass is 16.7. The lowest BCUT2D eigenvalue weighted by Gasteiger charge is -2.03. The molecule has 0 unspecified atom stereocenters. The standard InChI is InChI=1S/C9H9NO4/c10-3-7(12)6-1-5(11)2-8-9(6)14-4-13-8/h1-2,11H,3-4,10H2. The van der Waals surface area contributed by atoms with E-state index in [0.29, 0.717) is 11.5 Å². The second-order valence-corrected chi connectivity index (χ2v) is 2.85. The minimum atomic E-state index is -0.289. The second kappa shape index (κ2) is 3.19. The van der Waals surface area contributed by atoms with Crippen molar-refractivity contribution in [2.75, 3.05) is 13.3 Å². The van der Waals surface area contributed by atoms with Gasteiger partial charge in [0.1, 0.15) is 5.75 Å². The average Bonchev–Trinajstić information content (AvgIpc) is 2.62. The molecule has 0 spiro atoms. The first-order chi connectivity index (χ1) is 6.72. The van der Waals surface area contributed by atoms with Gasteiger partial charge in [0.15, 0.2) is 17.3 Å². The molecular weight excluding hydrogens is 186 g/mol. The van der Waals surface area contributed by atoms with E-state index in [4.69, 9.17) is 15.2 Å². The molecule has 0 aromatic heterocycles. The molecule has 14 heavy (non-hydrogen) atoms. The van der Waals surface area contributed by atoms with E-state index in [-0.39, 0.29) is 30.4 Å². The van der Waals surface area contributed by atoms with Gasteiger partial charge in [-0.2, -0.15) is 0 Å². The van der Waals surface area contributed by atoms with Crippen LogP contribution in [-0.4, -0.2) is 24.2 Å². The summed E-state index contributed by atoms with van der Waals surface area (Å²) in [5.41, 5.74) is 5.48. The molecule has 0 aliphatic carbocycles. The number of phenols is 1. The maximum absolute atomic E-state index is 11.4. The number of ketones is 1. The minimum absolute atomic E-state index is 0.0361. The Bertz CT molecular complexity index is 389. The maximum Gasteiger partial charge on any atom is 0.231 e. The summed E-state index contributed by atoms with van der Waals surface area (Å²) in [4.78, 5) is 11.4. The van der Waals surface area contributed by atoms with E-state index < -0.39 is 0 Å². The van der Waals surface area contributed by atoms with Crippen LogP contribution in [0.1, 0.15) is 10.4 Å². The van der Waals surface area contributed by atoms with E-state index in [1.165, 1.54) is 12.1 Å². The van der Waals surface area contributed by atoms with Crippen molar-refractivity contribution < 1.29 is 19.4 Å². The molecule has 3 N–H and O–H groups in total. The van der Waals surface area contributed by atoms with Crippen molar-refractivity contribution in [1.29, 1.82) is 0 Å². The topological polar surface area (TPSA) is 81.8 Å². The fourth-order valence-electron chi connectivity index (χ4n) is 1.31. The van der Waals surface area contributed by atoms with Crippen LogP contribution in [0.25, 0.3) is 0 Å². The summed E-state index contributed by atoms with van der Waals surface area (Å²) in [5.74, 6) is 0.411. The highest BCUT2D eigenvalue weighted by Gasteiger charge is 2.22. The first-order valence-electron chi connectivity index (χ1n) is 4.08. The molecule has 1 aliphatic heterocycles. The number of phenolic OH excluding ortho intramolecular Hbond substituents is 1. The van der Waals surface area contributed by atoms with Crippen LogP contribution >= 0.6 is 0 Å². The molecule has 2 rings (SSSR count). The van der Waals surface area contributed by atoms with E-state index in [1.807, 2.05) is 0 Å². The first-order valence-corrected chi connectivity index (χ1v) is 4.08. The zero-order valence-corrected chi connectivity index (χ0v) is 7.32. The van der Waals surface area contributed by atoms with Gasteiger partial charge in [-0.3, -0.25) is 4.79 Å². The lowest BCUT2D eigenvalue weighted by molar-refractivity contribution is 0.0996. The van der Waals surface area contributed by atoms with Crippen molar-refractivity contribution in [2.45, 2.75) is 0 Å². The number of aromatic hydroxyl groups is 1. The number of rotatable bonds is 2. The molecule has 5 nitrogen and oxygen atoms in total. The third-order valence-corrected chi connectivity index (χ3v) is 1.94. The molecule has 0 bridgehead atoms. The Morgan fingerprint density at radius 3 is 3.00 bits per heavy atom. The number of nitrogens with two attached hydrogens (primary N) is 1. The Labute approximate surface area is 80.0 Å². The summed E-state index contributed by atoms with van der Waals surface area (Å²) < 4.78 is 10.1. The average molecular weight is 195 g/mol. The van der Waals surface area contributed by atoms with Crippen molar-refractivity contribution in [3.05, 3.63) is 17.7 Å². The third kappa shape index (κ3) is 1.27. The Balaban J connectivity index is 2.54. The number of hydrogen-bond donors (Lipinski definition) is 2. The molecular formula is C9H9NO4. The maximum atomic E-state index is 11.4. The number of Topliss-reactive ketones (excluding diaryl/α,β-unsaturated/α-hetero) is 1. The highest BCUT2D eigenvalue weighted by molar-refractivity contribution is 6.01. The SMILES string of the molecule is NCC(=O)c1cc(O)cc2c1OCO2. The zero-order valence-electron chi connectivity index (χ0n) is 7.32. The van der Waals surface area contributed by atoms with Crippen LogP contribution < -0.4 is 15.2 Å². The minimum Gasteiger partial charge on any atom is -0.508 e. The predicted molar refractivity (Wildman–Crippen MR) is 47.6 cm³/mol. The van der Waals surface area contributed by atoms with Crippen LogP contribution in [0.5, 0.6) is 17.2 Å². The number of carbonyl (C=O) groups excluding carboxylic acids is 1. The van der Waals surface area contributed by atoms with Crippen LogP contribution in [0.4, 0.5) is 0 Å². The van der Waals surface area contributed by atoms with Crippen molar-refractivity contribution in [2.24, 2.45) is 5.73 Å². The van der Waals surface area contributed by atoms with Crippen molar-refractivity contribution in [3.8, 4) is 17.2 Å². The van der Waals surface area contributed by atoms with E-state index in [0.717, 1.165) is 0 Å². The van der Waals surface area contributed by atoms with Crippen molar-refractivity contribution in [1.82, 2.24) is 0 Å². The molecule has 74 valence electrons. The van der Waals surface area contributed by atoms with E-state index in [1.54, 1.807) is 0 Å². The van der Waals surface area contributed by atoms with E-state index in [9.17, 15) is 9.90 Å². The van der Waals surface area contributed by atoms with Crippen LogP contribution in [0, 0.1) is 0 Å². The molecule has 0 saturated carbocycles. The Kier molecular flexibility index (Phi) is 2.01. The molecule has 0 fully saturated rings. The molecule has 1 heterocycles. The molecule has 1 aromatic carbocycles. The Morgan fingerprint density at radius 2 is 2.29 bits per heavy atom. The smallest absolute Gasteiger partial charge is 0.231 e. The van der Waals surface area contributed by atoms with Gasteiger partial charge >= 0.3 is 0 Å². The van der Waals surface area contributed by atoms with Gasteiger partial charge in [0, 0.05) is 6.07 Å². The van der Waals surface area contributed by atoms with Gasteiger partial charge in [-0.15, -0.1) is 0 Å². The van der Waals surface area contributed by atoms with Gasteiger partial charge in [-0.1, -0.05) is 0 Å². The summed E-state index contributed by atoms with van der Waals surface area (Å²) >= 11 is 0. The fourth-order valence-corrected chi connectivity index (χ4v) is 1.31. The first kappa shape index (κ1) is 8.83. The summed E-state index contributed by atoms with van der Waals surface area (Å²) in [6.07, 6.45) is 0. The van der Waals surface area contributed by atoms with Gasteiger partial charge in [0.2, 0.25) is 6.79 Å². The van der Waals surface area contributed by atoms with Crippen LogP contribution in [0.15, 0.2) is 12.1 Å². The molecule has 0 atom stereocenters. The van der Waals surface area contributed by atoms with E-state index >= 15 is 0 Å². The lowest BCUT2D eigenvalue weighted by Crippen LogP contribution is -2.14. The van der Waals surface area contributed by atoms with E-state index in [2.05, 4.69) is 0 Å². The normalized spacial score (nSPS) is 12.9. The van der Waals surface area contributed by atoms with Crippen LogP contribution in [0.2, 0.25) is 0 Å². The molecule has 5 heteroatoms. The molecule has 0 radical (unpaired) electrons. The van der Waals surface area contributed by atoms with Gasteiger partial charge in [-0.05, 0) is 6.07 Å². The fraction of sp³-hybridized carbons (Fsp3) is 0.222. The van der Waals surface area contributed by atoms with Crippen LogP contribution in [0.3, 0.4) is 0 Å². The van der Waals surface area contributed by atoms with Gasteiger partial charge < -0.3 is 20.3 Å². The zero-order chi connectivity index (χ0) is 10.1. The Morgan fingerprint density at radius 1 is 1.50 bits per heavy atom. The van der Waals surface area contributed by atoms with Crippen molar-refractivity contribution in [3.63, 3.8) is 0 Å². The summed E-state index contributed by atoms with van der Waals surface area (Å²) in [7, 11) is 0. The number of fused-ring (bicyclic) bond motifs is 1. The molecule has 1 aliphatic rings.